The van der Waals surface area contributed by atoms with Crippen molar-refractivity contribution >= 4 is 27.5 Å². The Kier molecular flexibility index (Phi) is 4.64. The Morgan fingerprint density at radius 1 is 1.29 bits per heavy atom. The van der Waals surface area contributed by atoms with Crippen molar-refractivity contribution in [3.8, 4) is 0 Å². The van der Waals surface area contributed by atoms with Crippen molar-refractivity contribution in [3.63, 3.8) is 0 Å². The Hall–Kier alpha value is -2.28. The van der Waals surface area contributed by atoms with Gasteiger partial charge in [0.05, 0.1) is 10.5 Å². The van der Waals surface area contributed by atoms with Gasteiger partial charge in [-0.05, 0) is 17.7 Å². The molecule has 0 saturated heterocycles. The number of nitrogens with zero attached hydrogens (tertiary/aromatic N) is 1. The SMILES string of the molecule is O=C(NCc1ccccc1Br)c1cc([N+](=O)[O-])ccc1F. The predicted octanol–water partition coefficient (Wildman–Crippen LogP) is 3.43. The number of nitro groups is 1. The molecule has 0 unspecified atom stereocenters. The number of carbonyl (C=O) groups excluding carboxylic acids is 1. The molecule has 2 rings (SSSR count). The summed E-state index contributed by atoms with van der Waals surface area (Å²) in [6.07, 6.45) is 0. The first-order valence-electron chi connectivity index (χ1n) is 5.94. The van der Waals surface area contributed by atoms with Crippen LogP contribution in [-0.4, -0.2) is 10.8 Å². The average Bonchev–Trinajstić information content (AvgIpc) is 2.46. The van der Waals surface area contributed by atoms with Crippen LogP contribution in [0.1, 0.15) is 15.9 Å². The number of carbonyl (C=O) groups is 1. The standard InChI is InChI=1S/C14H10BrFN2O3/c15-12-4-2-1-3-9(12)8-17-14(19)11-7-10(18(20)21)5-6-13(11)16/h1-7H,8H2,(H,17,19). The molecule has 0 atom stereocenters. The van der Waals surface area contributed by atoms with Gasteiger partial charge in [-0.1, -0.05) is 34.1 Å². The minimum Gasteiger partial charge on any atom is -0.348 e. The van der Waals surface area contributed by atoms with Crippen molar-refractivity contribution in [2.75, 3.05) is 0 Å². The zero-order chi connectivity index (χ0) is 15.4. The summed E-state index contributed by atoms with van der Waals surface area (Å²) in [5.74, 6) is -1.50. The van der Waals surface area contributed by atoms with Gasteiger partial charge in [-0.25, -0.2) is 4.39 Å². The number of nitro benzene ring substituents is 1. The van der Waals surface area contributed by atoms with Crippen LogP contribution in [0.4, 0.5) is 10.1 Å². The van der Waals surface area contributed by atoms with Gasteiger partial charge in [0, 0.05) is 23.2 Å². The van der Waals surface area contributed by atoms with E-state index in [0.717, 1.165) is 28.2 Å². The van der Waals surface area contributed by atoms with Crippen molar-refractivity contribution in [2.24, 2.45) is 0 Å². The van der Waals surface area contributed by atoms with Crippen LogP contribution in [0.2, 0.25) is 0 Å². The van der Waals surface area contributed by atoms with E-state index in [1.165, 1.54) is 0 Å². The first kappa shape index (κ1) is 15.1. The smallest absolute Gasteiger partial charge is 0.270 e. The Morgan fingerprint density at radius 2 is 2.00 bits per heavy atom. The van der Waals surface area contributed by atoms with Crippen molar-refractivity contribution in [1.29, 1.82) is 0 Å². The molecule has 1 N–H and O–H groups in total. The zero-order valence-electron chi connectivity index (χ0n) is 10.7. The van der Waals surface area contributed by atoms with Crippen LogP contribution < -0.4 is 5.32 Å². The second kappa shape index (κ2) is 6.45. The maximum Gasteiger partial charge on any atom is 0.270 e. The summed E-state index contributed by atoms with van der Waals surface area (Å²) in [7, 11) is 0. The maximum atomic E-state index is 13.6. The van der Waals surface area contributed by atoms with Crippen LogP contribution in [0.15, 0.2) is 46.9 Å². The van der Waals surface area contributed by atoms with Crippen LogP contribution in [-0.2, 0) is 6.54 Å². The van der Waals surface area contributed by atoms with Gasteiger partial charge in [-0.2, -0.15) is 0 Å². The van der Waals surface area contributed by atoms with Crippen LogP contribution >= 0.6 is 15.9 Å². The topological polar surface area (TPSA) is 72.2 Å². The highest BCUT2D eigenvalue weighted by Crippen LogP contribution is 2.18. The van der Waals surface area contributed by atoms with E-state index in [1.807, 2.05) is 12.1 Å². The zero-order valence-corrected chi connectivity index (χ0v) is 12.3. The molecule has 0 spiro atoms. The van der Waals surface area contributed by atoms with Gasteiger partial charge in [-0.15, -0.1) is 0 Å². The number of halogens is 2. The van der Waals surface area contributed by atoms with Crippen molar-refractivity contribution < 1.29 is 14.1 Å². The van der Waals surface area contributed by atoms with E-state index >= 15 is 0 Å². The van der Waals surface area contributed by atoms with E-state index in [1.54, 1.807) is 12.1 Å². The minimum atomic E-state index is -0.801. The van der Waals surface area contributed by atoms with E-state index in [4.69, 9.17) is 0 Å². The van der Waals surface area contributed by atoms with E-state index < -0.39 is 16.6 Å². The summed E-state index contributed by atoms with van der Waals surface area (Å²) in [5, 5.41) is 13.2. The molecule has 0 aliphatic carbocycles. The van der Waals surface area contributed by atoms with Gasteiger partial charge in [0.15, 0.2) is 0 Å². The first-order valence-corrected chi connectivity index (χ1v) is 6.74. The number of nitrogens with one attached hydrogen (secondary N) is 1. The van der Waals surface area contributed by atoms with Gasteiger partial charge < -0.3 is 5.32 Å². The molecule has 2 aromatic carbocycles. The van der Waals surface area contributed by atoms with Gasteiger partial charge in [0.25, 0.3) is 11.6 Å². The predicted molar refractivity (Wildman–Crippen MR) is 78.4 cm³/mol. The molecule has 0 aromatic heterocycles. The Morgan fingerprint density at radius 3 is 2.67 bits per heavy atom. The highest BCUT2D eigenvalue weighted by Gasteiger charge is 2.16. The molecule has 0 aliphatic rings. The minimum absolute atomic E-state index is 0.183. The molecule has 21 heavy (non-hydrogen) atoms. The van der Waals surface area contributed by atoms with Crippen molar-refractivity contribution in [1.82, 2.24) is 5.32 Å². The quantitative estimate of drug-likeness (QED) is 0.676. The van der Waals surface area contributed by atoms with Gasteiger partial charge in [-0.3, -0.25) is 14.9 Å². The number of amides is 1. The van der Waals surface area contributed by atoms with Crippen LogP contribution in [0.25, 0.3) is 0 Å². The number of benzene rings is 2. The number of hydrogen-bond donors (Lipinski definition) is 1. The summed E-state index contributed by atoms with van der Waals surface area (Å²) < 4.78 is 14.4. The second-order valence-corrected chi connectivity index (χ2v) is 5.05. The molecular formula is C14H10BrFN2O3. The highest BCUT2D eigenvalue weighted by atomic mass is 79.9. The molecule has 7 heteroatoms. The molecule has 0 aliphatic heterocycles. The molecule has 0 heterocycles. The summed E-state index contributed by atoms with van der Waals surface area (Å²) in [6, 6.07) is 10.1. The normalized spacial score (nSPS) is 10.2. The third-order valence-corrected chi connectivity index (χ3v) is 3.58. The van der Waals surface area contributed by atoms with Crippen molar-refractivity contribution in [2.45, 2.75) is 6.54 Å². The molecule has 2 aromatic rings. The summed E-state index contributed by atoms with van der Waals surface area (Å²) in [6.45, 7) is 0.183. The fraction of sp³-hybridized carbons (Fsp3) is 0.0714. The monoisotopic (exact) mass is 352 g/mol. The van der Waals surface area contributed by atoms with E-state index in [9.17, 15) is 19.3 Å². The summed E-state index contributed by atoms with van der Waals surface area (Å²) in [4.78, 5) is 21.9. The lowest BCUT2D eigenvalue weighted by Gasteiger charge is -2.07. The van der Waals surface area contributed by atoms with Crippen LogP contribution in [0, 0.1) is 15.9 Å². The Labute approximate surface area is 128 Å². The fourth-order valence-corrected chi connectivity index (χ4v) is 2.14. The highest BCUT2D eigenvalue weighted by molar-refractivity contribution is 9.10. The third-order valence-electron chi connectivity index (χ3n) is 2.80. The third kappa shape index (κ3) is 3.63. The summed E-state index contributed by atoms with van der Waals surface area (Å²) in [5.41, 5.74) is 0.135. The lowest BCUT2D eigenvalue weighted by Crippen LogP contribution is -2.24. The Bertz CT molecular complexity index is 706. The van der Waals surface area contributed by atoms with Gasteiger partial charge >= 0.3 is 0 Å². The lowest BCUT2D eigenvalue weighted by atomic mass is 10.1. The van der Waals surface area contributed by atoms with Crippen molar-refractivity contribution in [3.05, 3.63) is 74.0 Å². The molecule has 108 valence electrons. The van der Waals surface area contributed by atoms with Crippen LogP contribution in [0.3, 0.4) is 0 Å². The van der Waals surface area contributed by atoms with E-state index in [0.29, 0.717) is 0 Å². The molecule has 0 radical (unpaired) electrons. The lowest BCUT2D eigenvalue weighted by molar-refractivity contribution is -0.384. The first-order chi connectivity index (χ1) is 9.99. The number of rotatable bonds is 4. The van der Waals surface area contributed by atoms with E-state index in [-0.39, 0.29) is 17.8 Å². The molecule has 0 fully saturated rings. The molecule has 0 saturated carbocycles. The van der Waals surface area contributed by atoms with Gasteiger partial charge in [0.2, 0.25) is 0 Å². The average molecular weight is 353 g/mol. The Balaban J connectivity index is 2.15. The summed E-state index contributed by atoms with van der Waals surface area (Å²) >= 11 is 3.33. The van der Waals surface area contributed by atoms with Crippen LogP contribution in [0.5, 0.6) is 0 Å². The number of non-ortho nitro benzene ring substituents is 1. The molecule has 1 amide bonds. The molecule has 0 bridgehead atoms. The largest absolute Gasteiger partial charge is 0.348 e. The molecule has 5 nitrogen and oxygen atoms in total. The molecular weight excluding hydrogens is 343 g/mol. The van der Waals surface area contributed by atoms with E-state index in [2.05, 4.69) is 21.2 Å². The second-order valence-electron chi connectivity index (χ2n) is 4.20. The fourth-order valence-electron chi connectivity index (χ4n) is 1.71. The van der Waals surface area contributed by atoms with Gasteiger partial charge in [0.1, 0.15) is 5.82 Å². The number of hydrogen-bond acceptors (Lipinski definition) is 3. The maximum absolute atomic E-state index is 13.6.